The lowest BCUT2D eigenvalue weighted by Gasteiger charge is -2.20. The van der Waals surface area contributed by atoms with Crippen LogP contribution in [0.1, 0.15) is 17.7 Å². The van der Waals surface area contributed by atoms with Crippen molar-refractivity contribution in [2.45, 2.75) is 19.9 Å². The van der Waals surface area contributed by atoms with E-state index in [1.165, 1.54) is 0 Å². The van der Waals surface area contributed by atoms with Gasteiger partial charge in [-0.2, -0.15) is 5.10 Å². The zero-order chi connectivity index (χ0) is 14.2. The van der Waals surface area contributed by atoms with Crippen LogP contribution in [0.2, 0.25) is 0 Å². The Morgan fingerprint density at radius 2 is 2.26 bits per heavy atom. The molecule has 1 aliphatic rings. The van der Waals surface area contributed by atoms with Crippen LogP contribution < -0.4 is 0 Å². The van der Waals surface area contributed by atoms with Crippen LogP contribution in [0, 0.1) is 12.8 Å². The zero-order valence-corrected chi connectivity index (χ0v) is 12.3. The Hall–Kier alpha value is -1.37. The molecule has 1 fully saturated rings. The van der Waals surface area contributed by atoms with E-state index in [-0.39, 0.29) is 23.3 Å². The average molecular weight is 285 g/mol. The molecule has 1 amide bonds. The highest BCUT2D eigenvalue weighted by atomic mass is 32.2. The molecule has 2 heterocycles. The molecular weight excluding hydrogens is 266 g/mol. The maximum absolute atomic E-state index is 12.2. The first kappa shape index (κ1) is 14.0. The van der Waals surface area contributed by atoms with Crippen LogP contribution in [0.15, 0.2) is 6.20 Å². The number of aromatic nitrogens is 2. The molecule has 7 heteroatoms. The molecule has 0 unspecified atom stereocenters. The quantitative estimate of drug-likeness (QED) is 0.791. The predicted octanol–water partition coefficient (Wildman–Crippen LogP) is 0.122. The maximum atomic E-state index is 12.2. The SMILES string of the molecule is Cc1nn(C)cc1CN(C)C(=O)[C@H]1CCS(=O)(=O)C1. The molecule has 0 aromatic carbocycles. The highest BCUT2D eigenvalue weighted by molar-refractivity contribution is 7.91. The van der Waals surface area contributed by atoms with Gasteiger partial charge in [-0.1, -0.05) is 0 Å². The van der Waals surface area contributed by atoms with Crippen LogP contribution >= 0.6 is 0 Å². The molecule has 1 saturated heterocycles. The highest BCUT2D eigenvalue weighted by Gasteiger charge is 2.34. The van der Waals surface area contributed by atoms with Crippen LogP contribution in [-0.2, 0) is 28.2 Å². The molecule has 0 aliphatic carbocycles. The molecule has 0 radical (unpaired) electrons. The number of nitrogens with zero attached hydrogens (tertiary/aromatic N) is 3. The normalized spacial score (nSPS) is 21.5. The minimum atomic E-state index is -3.01. The van der Waals surface area contributed by atoms with Crippen molar-refractivity contribution in [3.05, 3.63) is 17.5 Å². The van der Waals surface area contributed by atoms with E-state index in [2.05, 4.69) is 5.10 Å². The van der Waals surface area contributed by atoms with Crippen molar-refractivity contribution in [3.63, 3.8) is 0 Å². The second-order valence-electron chi connectivity index (χ2n) is 5.21. The maximum Gasteiger partial charge on any atom is 0.226 e. The number of carbonyl (C=O) groups is 1. The Morgan fingerprint density at radius 3 is 2.74 bits per heavy atom. The topological polar surface area (TPSA) is 72.3 Å². The van der Waals surface area contributed by atoms with Crippen molar-refractivity contribution in [3.8, 4) is 0 Å². The van der Waals surface area contributed by atoms with Gasteiger partial charge < -0.3 is 4.90 Å². The van der Waals surface area contributed by atoms with E-state index in [1.54, 1.807) is 16.6 Å². The molecule has 0 saturated carbocycles. The standard InChI is InChI=1S/C12H19N3O3S/c1-9-11(7-15(3)13-9)6-14(2)12(16)10-4-5-19(17,18)8-10/h7,10H,4-6,8H2,1-3H3/t10-/m0/s1. The summed E-state index contributed by atoms with van der Waals surface area (Å²) in [6, 6.07) is 0. The van der Waals surface area contributed by atoms with Crippen LogP contribution in [0.5, 0.6) is 0 Å². The summed E-state index contributed by atoms with van der Waals surface area (Å²) in [4.78, 5) is 13.8. The third-order valence-electron chi connectivity index (χ3n) is 3.48. The van der Waals surface area contributed by atoms with E-state index in [0.717, 1.165) is 11.3 Å². The van der Waals surface area contributed by atoms with E-state index in [1.807, 2.05) is 20.2 Å². The molecule has 1 atom stereocenters. The summed E-state index contributed by atoms with van der Waals surface area (Å²) in [7, 11) is 0.528. The van der Waals surface area contributed by atoms with E-state index in [9.17, 15) is 13.2 Å². The monoisotopic (exact) mass is 285 g/mol. The van der Waals surface area contributed by atoms with Crippen LogP contribution in [0.25, 0.3) is 0 Å². The lowest BCUT2D eigenvalue weighted by Crippen LogP contribution is -2.33. The Kier molecular flexibility index (Phi) is 3.66. The Balaban J connectivity index is 2.02. The molecule has 6 nitrogen and oxygen atoms in total. The molecule has 1 aromatic rings. The highest BCUT2D eigenvalue weighted by Crippen LogP contribution is 2.21. The van der Waals surface area contributed by atoms with Gasteiger partial charge in [-0.05, 0) is 13.3 Å². The van der Waals surface area contributed by atoms with Gasteiger partial charge in [-0.25, -0.2) is 8.42 Å². The number of hydrogen-bond donors (Lipinski definition) is 0. The first-order chi connectivity index (χ1) is 8.78. The summed E-state index contributed by atoms with van der Waals surface area (Å²) in [5, 5.41) is 4.23. The first-order valence-corrected chi connectivity index (χ1v) is 8.05. The summed E-state index contributed by atoms with van der Waals surface area (Å²) < 4.78 is 24.5. The van der Waals surface area contributed by atoms with Gasteiger partial charge in [0.25, 0.3) is 0 Å². The van der Waals surface area contributed by atoms with Crippen molar-refractivity contribution >= 4 is 15.7 Å². The van der Waals surface area contributed by atoms with Gasteiger partial charge >= 0.3 is 0 Å². The molecule has 2 rings (SSSR count). The predicted molar refractivity (Wildman–Crippen MR) is 71.2 cm³/mol. The summed E-state index contributed by atoms with van der Waals surface area (Å²) in [6.45, 7) is 2.36. The number of amides is 1. The summed E-state index contributed by atoms with van der Waals surface area (Å²) in [5.41, 5.74) is 1.88. The van der Waals surface area contributed by atoms with E-state index < -0.39 is 9.84 Å². The van der Waals surface area contributed by atoms with Gasteiger partial charge in [0.05, 0.1) is 23.1 Å². The first-order valence-electron chi connectivity index (χ1n) is 6.23. The molecule has 0 spiro atoms. The Labute approximate surface area is 113 Å². The fourth-order valence-corrected chi connectivity index (χ4v) is 4.17. The van der Waals surface area contributed by atoms with E-state index >= 15 is 0 Å². The van der Waals surface area contributed by atoms with Gasteiger partial charge in [0.1, 0.15) is 0 Å². The molecule has 0 N–H and O–H groups in total. The summed E-state index contributed by atoms with van der Waals surface area (Å²) >= 11 is 0. The van der Waals surface area contributed by atoms with Crippen LogP contribution in [-0.4, -0.2) is 47.6 Å². The minimum absolute atomic E-state index is 0.0117. The smallest absolute Gasteiger partial charge is 0.226 e. The third-order valence-corrected chi connectivity index (χ3v) is 5.25. The average Bonchev–Trinajstić information content (AvgIpc) is 2.81. The van der Waals surface area contributed by atoms with Gasteiger partial charge in [0.2, 0.25) is 5.91 Å². The minimum Gasteiger partial charge on any atom is -0.341 e. The lowest BCUT2D eigenvalue weighted by molar-refractivity contribution is -0.133. The number of sulfone groups is 1. The fourth-order valence-electron chi connectivity index (χ4n) is 2.44. The van der Waals surface area contributed by atoms with Gasteiger partial charge in [0.15, 0.2) is 9.84 Å². The molecule has 19 heavy (non-hydrogen) atoms. The summed E-state index contributed by atoms with van der Waals surface area (Å²) in [5.74, 6) is -0.359. The third kappa shape index (κ3) is 3.15. The number of carbonyl (C=O) groups excluding carboxylic acids is 1. The molecule has 1 aromatic heterocycles. The number of hydrogen-bond acceptors (Lipinski definition) is 4. The largest absolute Gasteiger partial charge is 0.341 e. The fraction of sp³-hybridized carbons (Fsp3) is 0.667. The van der Waals surface area contributed by atoms with Crippen molar-refractivity contribution in [1.82, 2.24) is 14.7 Å². The van der Waals surface area contributed by atoms with Crippen LogP contribution in [0.3, 0.4) is 0 Å². The summed E-state index contributed by atoms with van der Waals surface area (Å²) in [6.07, 6.45) is 2.32. The Morgan fingerprint density at radius 1 is 1.58 bits per heavy atom. The zero-order valence-electron chi connectivity index (χ0n) is 11.5. The lowest BCUT2D eigenvalue weighted by atomic mass is 10.1. The second-order valence-corrected chi connectivity index (χ2v) is 7.44. The number of aryl methyl sites for hydroxylation is 2. The molecule has 106 valence electrons. The van der Waals surface area contributed by atoms with Gasteiger partial charge in [-0.15, -0.1) is 0 Å². The number of rotatable bonds is 3. The van der Waals surface area contributed by atoms with E-state index in [4.69, 9.17) is 0 Å². The second kappa shape index (κ2) is 4.96. The van der Waals surface area contributed by atoms with Crippen LogP contribution in [0.4, 0.5) is 0 Å². The molecular formula is C12H19N3O3S. The molecule has 0 bridgehead atoms. The molecule has 1 aliphatic heterocycles. The van der Waals surface area contributed by atoms with Crippen molar-refractivity contribution < 1.29 is 13.2 Å². The van der Waals surface area contributed by atoms with Crippen molar-refractivity contribution in [2.75, 3.05) is 18.6 Å². The van der Waals surface area contributed by atoms with Gasteiger partial charge in [0, 0.05) is 32.4 Å². The Bertz CT molecular complexity index is 591. The van der Waals surface area contributed by atoms with Crippen molar-refractivity contribution in [2.24, 2.45) is 13.0 Å². The van der Waals surface area contributed by atoms with Gasteiger partial charge in [-0.3, -0.25) is 9.48 Å². The van der Waals surface area contributed by atoms with Crippen molar-refractivity contribution in [1.29, 1.82) is 0 Å². The van der Waals surface area contributed by atoms with E-state index in [0.29, 0.717) is 13.0 Å².